The summed E-state index contributed by atoms with van der Waals surface area (Å²) in [5.41, 5.74) is 1.43. The molecule has 0 saturated heterocycles. The van der Waals surface area contributed by atoms with Gasteiger partial charge in [0.15, 0.2) is 0 Å². The fourth-order valence-corrected chi connectivity index (χ4v) is 2.33. The zero-order valence-corrected chi connectivity index (χ0v) is 10.5. The lowest BCUT2D eigenvalue weighted by atomic mass is 10.2. The molecule has 2 rings (SSSR count). The molecule has 0 unspecified atom stereocenters. The standard InChI is InChI=1S/C12H5BrN2S/c13-12-10(8-14)11(16-15-12)7-6-9-4-2-1-3-5-9/h1-5H. The molecular formula is C12H5BrN2S. The Labute approximate surface area is 106 Å². The first kappa shape index (κ1) is 10.9. The Morgan fingerprint density at radius 3 is 2.62 bits per heavy atom. The monoisotopic (exact) mass is 288 g/mol. The van der Waals surface area contributed by atoms with Crippen molar-refractivity contribution < 1.29 is 0 Å². The summed E-state index contributed by atoms with van der Waals surface area (Å²) in [6.07, 6.45) is 0. The predicted molar refractivity (Wildman–Crippen MR) is 67.0 cm³/mol. The highest BCUT2D eigenvalue weighted by Gasteiger charge is 2.08. The number of hydrogen-bond acceptors (Lipinski definition) is 3. The molecule has 16 heavy (non-hydrogen) atoms. The zero-order chi connectivity index (χ0) is 11.4. The topological polar surface area (TPSA) is 36.7 Å². The van der Waals surface area contributed by atoms with E-state index in [0.717, 1.165) is 5.56 Å². The molecule has 0 saturated carbocycles. The molecule has 0 amide bonds. The van der Waals surface area contributed by atoms with Crippen molar-refractivity contribution in [3.63, 3.8) is 0 Å². The molecule has 76 valence electrons. The van der Waals surface area contributed by atoms with Gasteiger partial charge in [-0.15, -0.1) is 0 Å². The molecule has 0 spiro atoms. The van der Waals surface area contributed by atoms with Gasteiger partial charge in [0.2, 0.25) is 0 Å². The second-order valence-electron chi connectivity index (χ2n) is 2.91. The maximum absolute atomic E-state index is 8.90. The molecule has 2 nitrogen and oxygen atoms in total. The van der Waals surface area contributed by atoms with E-state index in [9.17, 15) is 0 Å². The summed E-state index contributed by atoms with van der Waals surface area (Å²) < 4.78 is 4.60. The third-order valence-electron chi connectivity index (χ3n) is 1.86. The molecular weight excluding hydrogens is 284 g/mol. The molecule has 0 N–H and O–H groups in total. The number of aromatic nitrogens is 1. The average Bonchev–Trinajstić information content (AvgIpc) is 2.68. The molecule has 1 heterocycles. The van der Waals surface area contributed by atoms with Crippen LogP contribution >= 0.6 is 27.5 Å². The van der Waals surface area contributed by atoms with E-state index in [1.807, 2.05) is 30.3 Å². The number of rotatable bonds is 0. The van der Waals surface area contributed by atoms with Crippen LogP contribution in [0.4, 0.5) is 0 Å². The minimum atomic E-state index is 0.508. The normalized spacial score (nSPS) is 9.00. The van der Waals surface area contributed by atoms with Crippen molar-refractivity contribution in [3.8, 4) is 17.9 Å². The highest BCUT2D eigenvalue weighted by Crippen LogP contribution is 2.21. The Kier molecular flexibility index (Phi) is 3.36. The van der Waals surface area contributed by atoms with Crippen molar-refractivity contribution in [1.29, 1.82) is 5.26 Å². The Bertz CT molecular complexity index is 599. The summed E-state index contributed by atoms with van der Waals surface area (Å²) in [5.74, 6) is 5.95. The molecule has 1 aromatic heterocycles. The minimum absolute atomic E-state index is 0.508. The largest absolute Gasteiger partial charge is 0.192 e. The second-order valence-corrected chi connectivity index (χ2v) is 4.43. The molecule has 0 aliphatic carbocycles. The summed E-state index contributed by atoms with van der Waals surface area (Å²) in [5, 5.41) is 8.90. The third kappa shape index (κ3) is 2.30. The Balaban J connectivity index is 2.36. The first-order chi connectivity index (χ1) is 7.81. The molecule has 2 aromatic rings. The van der Waals surface area contributed by atoms with E-state index in [-0.39, 0.29) is 0 Å². The number of hydrogen-bond donors (Lipinski definition) is 0. The lowest BCUT2D eigenvalue weighted by molar-refractivity contribution is 1.42. The van der Waals surface area contributed by atoms with E-state index in [0.29, 0.717) is 15.0 Å². The van der Waals surface area contributed by atoms with Crippen LogP contribution in [0.1, 0.15) is 16.0 Å². The lowest BCUT2D eigenvalue weighted by Gasteiger charge is -1.86. The Morgan fingerprint density at radius 2 is 1.94 bits per heavy atom. The van der Waals surface area contributed by atoms with Gasteiger partial charge in [-0.25, -0.2) is 0 Å². The van der Waals surface area contributed by atoms with Crippen LogP contribution in [0.25, 0.3) is 0 Å². The van der Waals surface area contributed by atoms with Gasteiger partial charge >= 0.3 is 0 Å². The minimum Gasteiger partial charge on any atom is -0.192 e. The van der Waals surface area contributed by atoms with Crippen molar-refractivity contribution in [1.82, 2.24) is 4.37 Å². The van der Waals surface area contributed by atoms with Gasteiger partial charge in [0.1, 0.15) is 21.1 Å². The summed E-state index contributed by atoms with van der Waals surface area (Å²) in [7, 11) is 0. The predicted octanol–water partition coefficient (Wildman–Crippen LogP) is 3.18. The first-order valence-electron chi connectivity index (χ1n) is 4.43. The van der Waals surface area contributed by atoms with E-state index in [2.05, 4.69) is 38.2 Å². The molecule has 0 atom stereocenters. The van der Waals surface area contributed by atoms with Gasteiger partial charge in [-0.05, 0) is 45.5 Å². The van der Waals surface area contributed by atoms with Crippen LogP contribution in [0.2, 0.25) is 0 Å². The molecule has 0 fully saturated rings. The van der Waals surface area contributed by atoms with Crippen molar-refractivity contribution in [2.24, 2.45) is 0 Å². The van der Waals surface area contributed by atoms with E-state index < -0.39 is 0 Å². The number of halogens is 1. The Hall–Kier alpha value is -1.62. The Morgan fingerprint density at radius 1 is 1.19 bits per heavy atom. The SMILES string of the molecule is N#Cc1c(Br)nsc1C#Cc1ccccc1. The summed E-state index contributed by atoms with van der Waals surface area (Å²) in [6, 6.07) is 11.7. The van der Waals surface area contributed by atoms with Crippen LogP contribution in [-0.4, -0.2) is 4.37 Å². The number of benzene rings is 1. The maximum atomic E-state index is 8.90. The van der Waals surface area contributed by atoms with Gasteiger partial charge in [0.05, 0.1) is 0 Å². The average molecular weight is 289 g/mol. The number of nitriles is 1. The molecule has 0 bridgehead atoms. The van der Waals surface area contributed by atoms with Gasteiger partial charge in [0, 0.05) is 5.56 Å². The second kappa shape index (κ2) is 4.94. The summed E-state index contributed by atoms with van der Waals surface area (Å²) in [6.45, 7) is 0. The summed E-state index contributed by atoms with van der Waals surface area (Å²) >= 11 is 4.44. The van der Waals surface area contributed by atoms with Crippen LogP contribution in [0, 0.1) is 23.2 Å². The summed E-state index contributed by atoms with van der Waals surface area (Å²) in [4.78, 5) is 0.693. The van der Waals surface area contributed by atoms with Crippen LogP contribution in [0.5, 0.6) is 0 Å². The van der Waals surface area contributed by atoms with Crippen molar-refractivity contribution >= 4 is 27.5 Å². The quantitative estimate of drug-likeness (QED) is 0.698. The molecule has 0 aliphatic heterocycles. The molecule has 4 heteroatoms. The zero-order valence-electron chi connectivity index (χ0n) is 8.07. The van der Waals surface area contributed by atoms with Gasteiger partial charge in [-0.1, -0.05) is 24.1 Å². The highest BCUT2D eigenvalue weighted by atomic mass is 79.9. The van der Waals surface area contributed by atoms with Crippen molar-refractivity contribution in [2.45, 2.75) is 0 Å². The van der Waals surface area contributed by atoms with E-state index in [1.165, 1.54) is 11.5 Å². The van der Waals surface area contributed by atoms with E-state index in [1.54, 1.807) is 0 Å². The van der Waals surface area contributed by atoms with Gasteiger partial charge in [-0.2, -0.15) is 9.64 Å². The van der Waals surface area contributed by atoms with Crippen molar-refractivity contribution in [3.05, 3.63) is 50.9 Å². The first-order valence-corrected chi connectivity index (χ1v) is 6.00. The molecule has 0 radical (unpaired) electrons. The number of nitrogens with zero attached hydrogens (tertiary/aromatic N) is 2. The fourth-order valence-electron chi connectivity index (χ4n) is 1.10. The highest BCUT2D eigenvalue weighted by molar-refractivity contribution is 9.10. The van der Waals surface area contributed by atoms with Crippen LogP contribution in [0.15, 0.2) is 34.9 Å². The van der Waals surface area contributed by atoms with Crippen molar-refractivity contribution in [2.75, 3.05) is 0 Å². The van der Waals surface area contributed by atoms with Crippen LogP contribution in [0.3, 0.4) is 0 Å². The molecule has 0 aliphatic rings. The van der Waals surface area contributed by atoms with E-state index >= 15 is 0 Å². The maximum Gasteiger partial charge on any atom is 0.139 e. The third-order valence-corrected chi connectivity index (χ3v) is 3.43. The lowest BCUT2D eigenvalue weighted by Crippen LogP contribution is -1.76. The fraction of sp³-hybridized carbons (Fsp3) is 0. The van der Waals surface area contributed by atoms with E-state index in [4.69, 9.17) is 5.26 Å². The van der Waals surface area contributed by atoms with Crippen LogP contribution < -0.4 is 0 Å². The van der Waals surface area contributed by atoms with Crippen LogP contribution in [-0.2, 0) is 0 Å². The van der Waals surface area contributed by atoms with Gasteiger partial charge in [0.25, 0.3) is 0 Å². The molecule has 1 aromatic carbocycles. The van der Waals surface area contributed by atoms with Gasteiger partial charge in [-0.3, -0.25) is 0 Å². The smallest absolute Gasteiger partial charge is 0.139 e. The van der Waals surface area contributed by atoms with Gasteiger partial charge < -0.3 is 0 Å².